The van der Waals surface area contributed by atoms with Crippen molar-refractivity contribution in [2.45, 2.75) is 31.6 Å². The van der Waals surface area contributed by atoms with E-state index < -0.39 is 0 Å². The van der Waals surface area contributed by atoms with E-state index in [4.69, 9.17) is 4.42 Å². The number of hydrogen-bond acceptors (Lipinski definition) is 6. The third-order valence-corrected chi connectivity index (χ3v) is 5.56. The van der Waals surface area contributed by atoms with Gasteiger partial charge in [0.1, 0.15) is 0 Å². The number of hydrogen-bond donors (Lipinski definition) is 1. The van der Waals surface area contributed by atoms with E-state index in [1.165, 1.54) is 0 Å². The molecule has 0 unspecified atom stereocenters. The molecule has 3 heterocycles. The highest BCUT2D eigenvalue weighted by Gasteiger charge is 2.26. The summed E-state index contributed by atoms with van der Waals surface area (Å²) in [4.78, 5) is 16.1. The second-order valence-corrected chi connectivity index (χ2v) is 7.41. The number of amides is 1. The molecule has 7 heteroatoms. The molecule has 0 aliphatic heterocycles. The summed E-state index contributed by atoms with van der Waals surface area (Å²) in [5, 5.41) is 15.5. The van der Waals surface area contributed by atoms with Gasteiger partial charge in [-0.15, -0.1) is 10.2 Å². The molecule has 0 aromatic carbocycles. The molecule has 26 heavy (non-hydrogen) atoms. The van der Waals surface area contributed by atoms with Crippen LogP contribution in [0.5, 0.6) is 0 Å². The Morgan fingerprint density at radius 1 is 1.23 bits per heavy atom. The number of nitrogens with one attached hydrogen (secondary N) is 1. The molecule has 3 aromatic rings. The molecule has 6 nitrogen and oxygen atoms in total. The highest BCUT2D eigenvalue weighted by Crippen LogP contribution is 2.36. The van der Waals surface area contributed by atoms with Crippen LogP contribution in [0.25, 0.3) is 11.5 Å². The quantitative estimate of drug-likeness (QED) is 0.739. The Hall–Kier alpha value is -2.54. The predicted octanol–water partition coefficient (Wildman–Crippen LogP) is 3.90. The zero-order chi connectivity index (χ0) is 17.8. The Bertz CT molecular complexity index is 840. The molecule has 1 aliphatic carbocycles. The number of aromatic nitrogens is 3. The molecule has 0 saturated heterocycles. The maximum Gasteiger partial charge on any atom is 0.252 e. The first kappa shape index (κ1) is 16.9. The molecule has 0 spiro atoms. The summed E-state index contributed by atoms with van der Waals surface area (Å²) >= 11 is 1.62. The lowest BCUT2D eigenvalue weighted by Crippen LogP contribution is -2.31. The van der Waals surface area contributed by atoms with Crippen LogP contribution in [0.1, 0.15) is 47.8 Å². The smallest absolute Gasteiger partial charge is 0.252 e. The van der Waals surface area contributed by atoms with Crippen LogP contribution in [0.4, 0.5) is 0 Å². The van der Waals surface area contributed by atoms with Crippen LogP contribution in [0, 0.1) is 5.92 Å². The number of carbonyl (C=O) groups is 1. The van der Waals surface area contributed by atoms with Crippen molar-refractivity contribution in [2.75, 3.05) is 6.54 Å². The fourth-order valence-electron chi connectivity index (χ4n) is 3.35. The normalized spacial score (nSPS) is 20.0. The van der Waals surface area contributed by atoms with Crippen molar-refractivity contribution >= 4 is 17.2 Å². The molecule has 4 rings (SSSR count). The minimum Gasteiger partial charge on any atom is -0.420 e. The van der Waals surface area contributed by atoms with Gasteiger partial charge in [-0.05, 0) is 55.2 Å². The summed E-state index contributed by atoms with van der Waals surface area (Å²) in [6, 6.07) is 5.54. The lowest BCUT2D eigenvalue weighted by molar-refractivity contribution is 0.0942. The van der Waals surface area contributed by atoms with Gasteiger partial charge in [0.05, 0.1) is 5.56 Å². The topological polar surface area (TPSA) is 80.9 Å². The highest BCUT2D eigenvalue weighted by molar-refractivity contribution is 7.08. The van der Waals surface area contributed by atoms with E-state index in [1.54, 1.807) is 35.9 Å². The Morgan fingerprint density at radius 2 is 2.12 bits per heavy atom. The van der Waals surface area contributed by atoms with Gasteiger partial charge in [0.25, 0.3) is 5.91 Å². The van der Waals surface area contributed by atoms with E-state index in [0.29, 0.717) is 29.8 Å². The van der Waals surface area contributed by atoms with E-state index in [9.17, 15) is 4.79 Å². The molecule has 1 fully saturated rings. The van der Waals surface area contributed by atoms with Gasteiger partial charge >= 0.3 is 0 Å². The minimum absolute atomic E-state index is 0.0578. The van der Waals surface area contributed by atoms with Crippen LogP contribution in [0.15, 0.2) is 45.8 Å². The van der Waals surface area contributed by atoms with Crippen LogP contribution >= 0.6 is 11.3 Å². The van der Waals surface area contributed by atoms with Crippen molar-refractivity contribution in [3.05, 3.63) is 52.8 Å². The molecule has 1 amide bonds. The van der Waals surface area contributed by atoms with E-state index in [-0.39, 0.29) is 5.91 Å². The number of pyridine rings is 1. The second kappa shape index (κ2) is 7.78. The van der Waals surface area contributed by atoms with Gasteiger partial charge in [-0.3, -0.25) is 9.78 Å². The summed E-state index contributed by atoms with van der Waals surface area (Å²) in [5.41, 5.74) is 1.59. The maximum atomic E-state index is 12.1. The molecule has 0 radical (unpaired) electrons. The number of thiophene rings is 1. The molecule has 0 atom stereocenters. The molecular weight excluding hydrogens is 348 g/mol. The standard InChI is InChI=1S/C19H20N4O2S/c24-17(15-2-1-8-20-11-15)21-10-13-3-5-14(6-4-13)18-22-23-19(25-18)16-7-9-26-12-16/h1-2,7-9,11-14H,3-6,10H2,(H,21,24). The van der Waals surface area contributed by atoms with Gasteiger partial charge in [0.15, 0.2) is 0 Å². The first-order chi connectivity index (χ1) is 12.8. The summed E-state index contributed by atoms with van der Waals surface area (Å²) < 4.78 is 5.87. The van der Waals surface area contributed by atoms with Crippen molar-refractivity contribution in [1.82, 2.24) is 20.5 Å². The highest BCUT2D eigenvalue weighted by atomic mass is 32.1. The van der Waals surface area contributed by atoms with E-state index in [1.807, 2.05) is 16.8 Å². The first-order valence-corrected chi connectivity index (χ1v) is 9.78. The third kappa shape index (κ3) is 3.83. The molecule has 1 aliphatic rings. The largest absolute Gasteiger partial charge is 0.420 e. The van der Waals surface area contributed by atoms with Crippen molar-refractivity contribution in [3.63, 3.8) is 0 Å². The SMILES string of the molecule is O=C(NCC1CCC(c2nnc(-c3ccsc3)o2)CC1)c1cccnc1. The maximum absolute atomic E-state index is 12.1. The Balaban J connectivity index is 1.27. The number of nitrogens with zero attached hydrogens (tertiary/aromatic N) is 3. The lowest BCUT2D eigenvalue weighted by atomic mass is 9.82. The lowest BCUT2D eigenvalue weighted by Gasteiger charge is -2.26. The fraction of sp³-hybridized carbons (Fsp3) is 0.368. The molecule has 1 saturated carbocycles. The van der Waals surface area contributed by atoms with E-state index in [0.717, 1.165) is 37.1 Å². The van der Waals surface area contributed by atoms with E-state index >= 15 is 0 Å². The number of carbonyl (C=O) groups excluding carboxylic acids is 1. The van der Waals surface area contributed by atoms with Crippen LogP contribution in [0.2, 0.25) is 0 Å². The average Bonchev–Trinajstić information content (AvgIpc) is 3.39. The van der Waals surface area contributed by atoms with Crippen molar-refractivity contribution in [1.29, 1.82) is 0 Å². The van der Waals surface area contributed by atoms with Gasteiger partial charge < -0.3 is 9.73 Å². The average molecular weight is 368 g/mol. The summed E-state index contributed by atoms with van der Waals surface area (Å²) in [6.45, 7) is 0.699. The van der Waals surface area contributed by atoms with Crippen LogP contribution in [0.3, 0.4) is 0 Å². The summed E-state index contributed by atoms with van der Waals surface area (Å²) in [7, 11) is 0. The van der Waals surface area contributed by atoms with Crippen molar-refractivity contribution < 1.29 is 9.21 Å². The Kier molecular flexibility index (Phi) is 5.06. The Labute approximate surface area is 155 Å². The number of rotatable bonds is 5. The first-order valence-electron chi connectivity index (χ1n) is 8.84. The van der Waals surface area contributed by atoms with Crippen LogP contribution < -0.4 is 5.32 Å². The zero-order valence-corrected chi connectivity index (χ0v) is 15.1. The predicted molar refractivity (Wildman–Crippen MR) is 98.9 cm³/mol. The third-order valence-electron chi connectivity index (χ3n) is 4.88. The molecule has 134 valence electrons. The second-order valence-electron chi connectivity index (χ2n) is 6.63. The molecular formula is C19H20N4O2S. The zero-order valence-electron chi connectivity index (χ0n) is 14.3. The molecule has 3 aromatic heterocycles. The monoisotopic (exact) mass is 368 g/mol. The van der Waals surface area contributed by atoms with Crippen LogP contribution in [-0.4, -0.2) is 27.6 Å². The van der Waals surface area contributed by atoms with Gasteiger partial charge in [-0.1, -0.05) is 0 Å². The van der Waals surface area contributed by atoms with Crippen LogP contribution in [-0.2, 0) is 0 Å². The van der Waals surface area contributed by atoms with Gasteiger partial charge in [0, 0.05) is 35.8 Å². The summed E-state index contributed by atoms with van der Waals surface area (Å²) in [5.74, 6) is 2.10. The van der Waals surface area contributed by atoms with Crippen molar-refractivity contribution in [3.8, 4) is 11.5 Å². The molecule has 1 N–H and O–H groups in total. The van der Waals surface area contributed by atoms with Gasteiger partial charge in [-0.2, -0.15) is 11.3 Å². The van der Waals surface area contributed by atoms with Gasteiger partial charge in [0.2, 0.25) is 11.8 Å². The summed E-state index contributed by atoms with van der Waals surface area (Å²) in [6.07, 6.45) is 7.38. The van der Waals surface area contributed by atoms with E-state index in [2.05, 4.69) is 20.5 Å². The fourth-order valence-corrected chi connectivity index (χ4v) is 3.98. The van der Waals surface area contributed by atoms with Crippen molar-refractivity contribution in [2.24, 2.45) is 5.92 Å². The molecule has 0 bridgehead atoms. The minimum atomic E-state index is -0.0578. The van der Waals surface area contributed by atoms with Gasteiger partial charge in [-0.25, -0.2) is 0 Å². The Morgan fingerprint density at radius 3 is 2.85 bits per heavy atom.